The molecule has 4 N–H and O–H groups in total. The summed E-state index contributed by atoms with van der Waals surface area (Å²) in [5.74, 6) is -0.559. The Kier molecular flexibility index (Phi) is 2.08. The molecule has 0 aliphatic heterocycles. The number of hydrogen-bond donors (Lipinski definition) is 3. The van der Waals surface area contributed by atoms with Gasteiger partial charge in [-0.1, -0.05) is 0 Å². The van der Waals surface area contributed by atoms with Gasteiger partial charge < -0.3 is 5.73 Å². The lowest BCUT2D eigenvalue weighted by Gasteiger charge is -1.83. The minimum absolute atomic E-state index is 0.559. The maximum Gasteiger partial charge on any atom is 0.426 e. The second-order valence-corrected chi connectivity index (χ2v) is 1.52. The third kappa shape index (κ3) is 5.17. The predicted molar refractivity (Wildman–Crippen MR) is 23.3 cm³/mol. The van der Waals surface area contributed by atoms with E-state index in [1.54, 1.807) is 5.09 Å². The van der Waals surface area contributed by atoms with Crippen LogP contribution in [0, 0.1) is 5.41 Å². The molecule has 5 nitrogen and oxygen atoms in total. The topological polar surface area (TPSA) is 96.0 Å². The molecule has 0 unspecified atom stereocenters. The zero-order valence-corrected chi connectivity index (χ0v) is 4.24. The second-order valence-electron chi connectivity index (χ2n) is 0.783. The van der Waals surface area contributed by atoms with Crippen molar-refractivity contribution in [3.8, 4) is 0 Å². The van der Waals surface area contributed by atoms with Crippen molar-refractivity contribution in [2.24, 2.45) is 5.73 Å². The van der Waals surface area contributed by atoms with Crippen molar-refractivity contribution >= 4 is 13.8 Å². The molecule has 7 heavy (non-hydrogen) atoms. The molecule has 0 atom stereocenters. The normalized spacial score (nSPS) is 7.43. The first-order valence-electron chi connectivity index (χ1n) is 1.38. The van der Waals surface area contributed by atoms with Gasteiger partial charge in [-0.25, -0.2) is 9.13 Å². The summed E-state index contributed by atoms with van der Waals surface area (Å²) in [6, 6.07) is 0. The Bertz CT molecular complexity index is 130. The molecule has 6 heteroatoms. The Labute approximate surface area is 40.3 Å². The number of nitrogens with two attached hydrogens (primary N) is 1. The van der Waals surface area contributed by atoms with Gasteiger partial charge in [0.15, 0.2) is 5.96 Å². The van der Waals surface area contributed by atoms with E-state index >= 15 is 0 Å². The lowest BCUT2D eigenvalue weighted by molar-refractivity contribution is 0.512. The van der Waals surface area contributed by atoms with Crippen molar-refractivity contribution < 1.29 is 9.13 Å². The molecule has 0 fully saturated rings. The van der Waals surface area contributed by atoms with Gasteiger partial charge >= 0.3 is 7.83 Å². The van der Waals surface area contributed by atoms with Crippen molar-refractivity contribution in [2.45, 2.75) is 0 Å². The molecule has 0 saturated carbocycles. The highest BCUT2D eigenvalue weighted by atomic mass is 31.1. The fraction of sp³-hybridized carbons (Fsp3) is 0. The molecule has 0 amide bonds. The van der Waals surface area contributed by atoms with Gasteiger partial charge in [0.2, 0.25) is 0 Å². The molecule has 0 heterocycles. The Morgan fingerprint density at radius 2 is 2.14 bits per heavy atom. The maximum absolute atomic E-state index is 9.51. The van der Waals surface area contributed by atoms with E-state index in [2.05, 4.69) is 5.73 Å². The fourth-order valence-corrected chi connectivity index (χ4v) is 0.295. The van der Waals surface area contributed by atoms with Crippen LogP contribution in [-0.2, 0) is 9.13 Å². The van der Waals surface area contributed by atoms with E-state index in [1.807, 2.05) is 0 Å². The van der Waals surface area contributed by atoms with Gasteiger partial charge in [0.1, 0.15) is 0 Å². The molecule has 0 saturated heterocycles. The fourth-order valence-electron chi connectivity index (χ4n) is 0.0983. The quantitative estimate of drug-likeness (QED) is 0.249. The van der Waals surface area contributed by atoms with Crippen molar-refractivity contribution in [2.75, 3.05) is 0 Å². The molecule has 0 radical (unpaired) electrons. The van der Waals surface area contributed by atoms with Crippen LogP contribution in [-0.4, -0.2) is 5.96 Å². The monoisotopic (exact) mass is 121 g/mol. The second kappa shape index (κ2) is 2.36. The minimum atomic E-state index is -2.74. The van der Waals surface area contributed by atoms with E-state index < -0.39 is 13.8 Å². The van der Waals surface area contributed by atoms with Crippen LogP contribution in [0.4, 0.5) is 0 Å². The zero-order valence-electron chi connectivity index (χ0n) is 3.34. The van der Waals surface area contributed by atoms with E-state index in [0.717, 1.165) is 0 Å². The van der Waals surface area contributed by atoms with Crippen molar-refractivity contribution in [1.82, 2.24) is 5.09 Å². The molecule has 0 aliphatic rings. The van der Waals surface area contributed by atoms with E-state index in [9.17, 15) is 9.13 Å². The average Bonchev–Trinajstić information content (AvgIpc) is 1.27. The van der Waals surface area contributed by atoms with Gasteiger partial charge in [-0.05, 0) is 0 Å². The lowest BCUT2D eigenvalue weighted by Crippen LogP contribution is -2.22. The Morgan fingerprint density at radius 3 is 2.14 bits per heavy atom. The third-order valence-electron chi connectivity index (χ3n) is 0.212. The van der Waals surface area contributed by atoms with Crippen LogP contribution < -0.4 is 10.8 Å². The van der Waals surface area contributed by atoms with E-state index in [0.29, 0.717) is 0 Å². The SMILES string of the molecule is N=C(N)NP(=O)=O. The van der Waals surface area contributed by atoms with Gasteiger partial charge in [0.05, 0.1) is 0 Å². The van der Waals surface area contributed by atoms with Gasteiger partial charge in [-0.3, -0.25) is 10.5 Å². The molecule has 0 aliphatic carbocycles. The molecule has 0 aromatic carbocycles. The molecule has 0 aromatic rings. The minimum Gasteiger partial charge on any atom is -0.370 e. The maximum atomic E-state index is 9.51. The van der Waals surface area contributed by atoms with Crippen molar-refractivity contribution in [3.05, 3.63) is 0 Å². The third-order valence-corrected chi connectivity index (χ3v) is 0.635. The molecule has 0 aromatic heterocycles. The largest absolute Gasteiger partial charge is 0.426 e. The first-order chi connectivity index (χ1) is 3.13. The van der Waals surface area contributed by atoms with E-state index in [4.69, 9.17) is 5.41 Å². The Hall–Kier alpha value is -0.830. The first kappa shape index (κ1) is 6.17. The summed E-state index contributed by atoms with van der Waals surface area (Å²) in [5, 5.41) is 7.93. The Morgan fingerprint density at radius 1 is 1.71 bits per heavy atom. The van der Waals surface area contributed by atoms with Crippen molar-refractivity contribution in [1.29, 1.82) is 5.41 Å². The van der Waals surface area contributed by atoms with Crippen LogP contribution in [0.1, 0.15) is 0 Å². The smallest absolute Gasteiger partial charge is 0.370 e. The highest BCUT2D eigenvalue weighted by Gasteiger charge is 1.85. The molecule has 40 valence electrons. The van der Waals surface area contributed by atoms with Crippen LogP contribution in [0.2, 0.25) is 0 Å². The molecule has 0 bridgehead atoms. The summed E-state index contributed by atoms with van der Waals surface area (Å²) in [4.78, 5) is 0. The van der Waals surface area contributed by atoms with Crippen LogP contribution >= 0.6 is 7.83 Å². The van der Waals surface area contributed by atoms with Gasteiger partial charge in [0.25, 0.3) is 0 Å². The summed E-state index contributed by atoms with van der Waals surface area (Å²) in [6.07, 6.45) is 0. The van der Waals surface area contributed by atoms with Crippen LogP contribution in [0.5, 0.6) is 0 Å². The Balaban J connectivity index is 3.53. The van der Waals surface area contributed by atoms with Crippen LogP contribution in [0.15, 0.2) is 0 Å². The number of nitrogens with one attached hydrogen (secondary N) is 2. The average molecular weight is 121 g/mol. The summed E-state index contributed by atoms with van der Waals surface area (Å²) in [6.45, 7) is 0. The van der Waals surface area contributed by atoms with Gasteiger partial charge in [-0.15, -0.1) is 0 Å². The lowest BCUT2D eigenvalue weighted by atomic mass is 11.1. The van der Waals surface area contributed by atoms with Crippen molar-refractivity contribution in [3.63, 3.8) is 0 Å². The number of rotatable bonds is 1. The summed E-state index contributed by atoms with van der Waals surface area (Å²) >= 11 is 0. The summed E-state index contributed by atoms with van der Waals surface area (Å²) in [7, 11) is -2.74. The van der Waals surface area contributed by atoms with Crippen LogP contribution in [0.3, 0.4) is 0 Å². The number of hydrogen-bond acceptors (Lipinski definition) is 3. The number of guanidine groups is 1. The van der Waals surface area contributed by atoms with Crippen LogP contribution in [0.25, 0.3) is 0 Å². The molecular formula is CH4N3O2P. The van der Waals surface area contributed by atoms with E-state index in [-0.39, 0.29) is 0 Å². The van der Waals surface area contributed by atoms with Gasteiger partial charge in [0, 0.05) is 0 Å². The van der Waals surface area contributed by atoms with E-state index in [1.165, 1.54) is 0 Å². The van der Waals surface area contributed by atoms with Gasteiger partial charge in [-0.2, -0.15) is 0 Å². The molecular weight excluding hydrogens is 117 g/mol. The summed E-state index contributed by atoms with van der Waals surface area (Å²) in [5.41, 5.74) is 4.58. The predicted octanol–water partition coefficient (Wildman–Crippen LogP) is -0.443. The zero-order chi connectivity index (χ0) is 5.86. The standard InChI is InChI=1S/CH4N3O2P/c2-1(3)4-7(5)6/h(H4,2,3,4,5,6). The molecule has 0 spiro atoms. The first-order valence-corrected chi connectivity index (χ1v) is 2.55. The summed E-state index contributed by atoms with van der Waals surface area (Å²) < 4.78 is 19.0. The molecule has 0 rings (SSSR count). The highest BCUT2D eigenvalue weighted by Crippen LogP contribution is 1.88. The highest BCUT2D eigenvalue weighted by molar-refractivity contribution is 7.29.